The van der Waals surface area contributed by atoms with Gasteiger partial charge < -0.3 is 0 Å². The topological polar surface area (TPSA) is 52.0 Å². The number of nitrogens with zero attached hydrogens (tertiary/aromatic N) is 2. The monoisotopic (exact) mass is 396 g/mol. The molecule has 0 unspecified atom stereocenters. The zero-order chi connectivity index (χ0) is 20.5. The number of fused-ring (bicyclic) bond motifs is 1. The molecule has 0 saturated carbocycles. The van der Waals surface area contributed by atoms with Crippen molar-refractivity contribution in [2.45, 2.75) is 48.5 Å². The van der Waals surface area contributed by atoms with E-state index in [0.29, 0.717) is 16.1 Å². The molecule has 144 valence electrons. The largest absolute Gasteiger partial charge is 0.269 e. The molecule has 2 rings (SSSR count). The molecule has 0 aromatic carbocycles. The second kappa shape index (κ2) is 11.0. The van der Waals surface area contributed by atoms with Crippen LogP contribution in [0.25, 0.3) is 11.0 Å². The molecular weight excluding hydrogens is 368 g/mol. The molecule has 0 atom stereocenters. The lowest BCUT2D eigenvalue weighted by Crippen LogP contribution is -2.13. The van der Waals surface area contributed by atoms with Crippen molar-refractivity contribution in [2.75, 3.05) is 0 Å². The zero-order valence-electron chi connectivity index (χ0n) is 16.7. The number of aryl methyl sites for hydroxylation is 1. The van der Waals surface area contributed by atoms with Gasteiger partial charge in [-0.15, -0.1) is 0 Å². The van der Waals surface area contributed by atoms with E-state index in [4.69, 9.17) is 11.6 Å². The number of pyridine rings is 1. The Morgan fingerprint density at radius 3 is 2.27 bits per heavy atom. The summed E-state index contributed by atoms with van der Waals surface area (Å²) in [5, 5.41) is 1.11. The first-order valence-electron chi connectivity index (χ1n) is 8.64. The van der Waals surface area contributed by atoms with Gasteiger partial charge in [-0.3, -0.25) is 0 Å². The van der Waals surface area contributed by atoms with Crippen LogP contribution in [-0.2, 0) is 10.0 Å². The van der Waals surface area contributed by atoms with Crippen molar-refractivity contribution in [1.29, 1.82) is 0 Å². The summed E-state index contributed by atoms with van der Waals surface area (Å²) >= 11 is 6.15. The number of hydrogen-bond donors (Lipinski definition) is 0. The Labute approximate surface area is 163 Å². The van der Waals surface area contributed by atoms with Crippen LogP contribution in [0.3, 0.4) is 0 Å². The van der Waals surface area contributed by atoms with Gasteiger partial charge in [0.05, 0.1) is 9.93 Å². The third-order valence-electron chi connectivity index (χ3n) is 3.13. The van der Waals surface area contributed by atoms with Crippen LogP contribution in [0.1, 0.15) is 47.1 Å². The van der Waals surface area contributed by atoms with E-state index in [0.717, 1.165) is 15.1 Å². The van der Waals surface area contributed by atoms with E-state index < -0.39 is 10.0 Å². The smallest absolute Gasteiger partial charge is 0.237 e. The normalized spacial score (nSPS) is 11.0. The molecule has 2 aromatic heterocycles. The fraction of sp³-hybridized carbons (Fsp3) is 0.350. The van der Waals surface area contributed by atoms with Crippen LogP contribution in [0, 0.1) is 6.92 Å². The van der Waals surface area contributed by atoms with Gasteiger partial charge in [0.15, 0.2) is 5.65 Å². The van der Waals surface area contributed by atoms with Gasteiger partial charge in [-0.25, -0.2) is 17.4 Å². The Hall–Kier alpha value is -1.85. The second-order valence-corrected chi connectivity index (χ2v) is 7.34. The number of rotatable bonds is 4. The predicted octanol–water partition coefficient (Wildman–Crippen LogP) is 6.26. The zero-order valence-corrected chi connectivity index (χ0v) is 18.2. The standard InChI is InChI=1S/C16H17ClN2O2S.2C2H6/c1-5-13(7-6-11(2)3)22(20,21)19-10-12(4)15-14(17)8-9-18-16(15)19;2*1-2/h5-10H,1H2,2-4H3;2*1-2H3/b13-7+;;. The van der Waals surface area contributed by atoms with Crippen molar-refractivity contribution >= 4 is 32.7 Å². The van der Waals surface area contributed by atoms with Crippen LogP contribution < -0.4 is 0 Å². The SMILES string of the molecule is C=C/C(=C\C=C(C)C)S(=O)(=O)n1cc(C)c2c(Cl)ccnc21.CC.CC. The highest BCUT2D eigenvalue weighted by Gasteiger charge is 2.22. The maximum absolute atomic E-state index is 12.8. The summed E-state index contributed by atoms with van der Waals surface area (Å²) in [7, 11) is -3.78. The van der Waals surface area contributed by atoms with E-state index in [-0.39, 0.29) is 4.91 Å². The molecular formula is C20H29ClN2O2S. The van der Waals surface area contributed by atoms with Gasteiger partial charge in [-0.2, -0.15) is 0 Å². The molecule has 0 spiro atoms. The molecule has 2 aromatic rings. The Morgan fingerprint density at radius 1 is 1.19 bits per heavy atom. The summed E-state index contributed by atoms with van der Waals surface area (Å²) in [5.74, 6) is 0. The van der Waals surface area contributed by atoms with Crippen LogP contribution in [0.15, 0.2) is 53.7 Å². The Morgan fingerprint density at radius 2 is 1.77 bits per heavy atom. The molecule has 4 nitrogen and oxygen atoms in total. The van der Waals surface area contributed by atoms with E-state index >= 15 is 0 Å². The predicted molar refractivity (Wildman–Crippen MR) is 114 cm³/mol. The van der Waals surface area contributed by atoms with Gasteiger partial charge in [0.25, 0.3) is 10.0 Å². The number of aromatic nitrogens is 2. The highest BCUT2D eigenvalue weighted by Crippen LogP contribution is 2.29. The van der Waals surface area contributed by atoms with Gasteiger partial charge in [0.1, 0.15) is 0 Å². The molecule has 0 aliphatic rings. The first-order valence-corrected chi connectivity index (χ1v) is 10.5. The molecule has 0 amide bonds. The van der Waals surface area contributed by atoms with Gasteiger partial charge in [-0.1, -0.05) is 57.5 Å². The first-order chi connectivity index (χ1) is 12.3. The van der Waals surface area contributed by atoms with E-state index in [1.807, 2.05) is 41.5 Å². The summed E-state index contributed by atoms with van der Waals surface area (Å²) in [6.07, 6.45) is 7.60. The summed E-state index contributed by atoms with van der Waals surface area (Å²) in [6, 6.07) is 1.64. The lowest BCUT2D eigenvalue weighted by Gasteiger charge is -2.07. The van der Waals surface area contributed by atoms with Crippen LogP contribution in [0.2, 0.25) is 5.02 Å². The van der Waals surface area contributed by atoms with E-state index in [1.54, 1.807) is 19.1 Å². The van der Waals surface area contributed by atoms with E-state index in [9.17, 15) is 8.42 Å². The van der Waals surface area contributed by atoms with E-state index in [2.05, 4.69) is 11.6 Å². The minimum atomic E-state index is -3.78. The summed E-state index contributed by atoms with van der Waals surface area (Å²) < 4.78 is 26.8. The average molecular weight is 397 g/mol. The van der Waals surface area contributed by atoms with Crippen LogP contribution in [0.5, 0.6) is 0 Å². The Balaban J connectivity index is 0.00000146. The Kier molecular flexibility index (Phi) is 10.2. The molecule has 0 saturated heterocycles. The van der Waals surface area contributed by atoms with Gasteiger partial charge >= 0.3 is 0 Å². The fourth-order valence-corrected chi connectivity index (χ4v) is 3.70. The maximum Gasteiger partial charge on any atom is 0.269 e. The molecule has 26 heavy (non-hydrogen) atoms. The minimum Gasteiger partial charge on any atom is -0.237 e. The lowest BCUT2D eigenvalue weighted by atomic mass is 10.2. The molecule has 0 N–H and O–H groups in total. The van der Waals surface area contributed by atoms with Crippen molar-refractivity contribution in [1.82, 2.24) is 8.96 Å². The van der Waals surface area contributed by atoms with Crippen LogP contribution >= 0.6 is 11.6 Å². The summed E-state index contributed by atoms with van der Waals surface area (Å²) in [5.41, 5.74) is 2.06. The molecule has 0 aliphatic heterocycles. The van der Waals surface area contributed by atoms with Gasteiger partial charge in [0.2, 0.25) is 0 Å². The van der Waals surface area contributed by atoms with Crippen molar-refractivity contribution in [2.24, 2.45) is 0 Å². The Bertz CT molecular complexity index is 903. The quantitative estimate of drug-likeness (QED) is 0.572. The fourth-order valence-electron chi connectivity index (χ4n) is 2.07. The van der Waals surface area contributed by atoms with E-state index in [1.165, 1.54) is 24.5 Å². The summed E-state index contributed by atoms with van der Waals surface area (Å²) in [4.78, 5) is 4.27. The third kappa shape index (κ3) is 5.32. The van der Waals surface area contributed by atoms with Crippen LogP contribution in [-0.4, -0.2) is 17.4 Å². The molecule has 0 aliphatic carbocycles. The third-order valence-corrected chi connectivity index (χ3v) is 5.14. The average Bonchev–Trinajstić information content (AvgIpc) is 2.97. The lowest BCUT2D eigenvalue weighted by molar-refractivity contribution is 0.596. The molecule has 2 heterocycles. The molecule has 0 bridgehead atoms. The van der Waals surface area contributed by atoms with Crippen molar-refractivity contribution < 1.29 is 8.42 Å². The van der Waals surface area contributed by atoms with Crippen molar-refractivity contribution in [3.05, 3.63) is 64.3 Å². The van der Waals surface area contributed by atoms with Gasteiger partial charge in [0, 0.05) is 17.8 Å². The minimum absolute atomic E-state index is 0.104. The second-order valence-electron chi connectivity index (χ2n) is 5.12. The molecule has 6 heteroatoms. The highest BCUT2D eigenvalue weighted by molar-refractivity contribution is 7.94. The maximum atomic E-state index is 12.8. The number of allylic oxidation sites excluding steroid dienone is 4. The van der Waals surface area contributed by atoms with Crippen molar-refractivity contribution in [3.63, 3.8) is 0 Å². The molecule has 0 radical (unpaired) electrons. The van der Waals surface area contributed by atoms with Crippen molar-refractivity contribution in [3.8, 4) is 0 Å². The number of halogens is 1. The summed E-state index contributed by atoms with van der Waals surface area (Å²) in [6.45, 7) is 17.2. The van der Waals surface area contributed by atoms with Crippen LogP contribution in [0.4, 0.5) is 0 Å². The molecule has 0 fully saturated rings. The highest BCUT2D eigenvalue weighted by atomic mass is 35.5. The van der Waals surface area contributed by atoms with Gasteiger partial charge in [-0.05, 0) is 44.6 Å². The number of hydrogen-bond acceptors (Lipinski definition) is 3. The first kappa shape index (κ1) is 24.1.